The molecule has 0 amide bonds. The molecule has 0 aromatic carbocycles. The second-order valence-corrected chi connectivity index (χ2v) is 6.30. The van der Waals surface area contributed by atoms with E-state index in [0.717, 1.165) is 11.6 Å². The van der Waals surface area contributed by atoms with Gasteiger partial charge in [-0.05, 0) is 45.2 Å². The first-order valence-corrected chi connectivity index (χ1v) is 7.47. The Bertz CT molecular complexity index is 293. The highest BCUT2D eigenvalue weighted by atomic mass is 32.2. The van der Waals surface area contributed by atoms with Crippen molar-refractivity contribution in [3.8, 4) is 0 Å². The molecule has 2 heterocycles. The van der Waals surface area contributed by atoms with E-state index in [1.807, 2.05) is 11.8 Å². The molecule has 1 aliphatic rings. The van der Waals surface area contributed by atoms with Crippen LogP contribution in [0.3, 0.4) is 0 Å². The SMILES string of the molecule is Cc1csc(SCCC2CCCNC2)n1. The van der Waals surface area contributed by atoms with Crippen LogP contribution in [0, 0.1) is 12.8 Å². The molecule has 0 bridgehead atoms. The van der Waals surface area contributed by atoms with Crippen molar-refractivity contribution in [1.82, 2.24) is 10.3 Å². The van der Waals surface area contributed by atoms with Gasteiger partial charge in [0.15, 0.2) is 0 Å². The van der Waals surface area contributed by atoms with E-state index >= 15 is 0 Å². The van der Waals surface area contributed by atoms with Crippen molar-refractivity contribution in [1.29, 1.82) is 0 Å². The highest BCUT2D eigenvalue weighted by molar-refractivity contribution is 8.00. The van der Waals surface area contributed by atoms with Crippen molar-refractivity contribution in [2.75, 3.05) is 18.8 Å². The molecular formula is C11H18N2S2. The molecule has 0 saturated carbocycles. The van der Waals surface area contributed by atoms with E-state index < -0.39 is 0 Å². The number of aryl methyl sites for hydroxylation is 1. The minimum Gasteiger partial charge on any atom is -0.316 e. The minimum atomic E-state index is 0.896. The Balaban J connectivity index is 1.65. The zero-order chi connectivity index (χ0) is 10.5. The molecule has 1 N–H and O–H groups in total. The highest BCUT2D eigenvalue weighted by Gasteiger charge is 2.12. The lowest BCUT2D eigenvalue weighted by molar-refractivity contribution is 0.371. The molecule has 2 rings (SSSR count). The summed E-state index contributed by atoms with van der Waals surface area (Å²) in [4.78, 5) is 4.46. The number of rotatable bonds is 4. The molecule has 84 valence electrons. The Morgan fingerprint density at radius 2 is 2.60 bits per heavy atom. The van der Waals surface area contributed by atoms with Gasteiger partial charge in [-0.2, -0.15) is 0 Å². The van der Waals surface area contributed by atoms with Crippen LogP contribution in [0.4, 0.5) is 0 Å². The molecule has 1 fully saturated rings. The molecule has 2 nitrogen and oxygen atoms in total. The van der Waals surface area contributed by atoms with Gasteiger partial charge in [-0.15, -0.1) is 11.3 Å². The van der Waals surface area contributed by atoms with Gasteiger partial charge in [-0.3, -0.25) is 0 Å². The predicted molar refractivity (Wildman–Crippen MR) is 67.8 cm³/mol. The molecule has 1 saturated heterocycles. The third kappa shape index (κ3) is 3.78. The Morgan fingerprint density at radius 3 is 3.27 bits per heavy atom. The van der Waals surface area contributed by atoms with E-state index in [1.165, 1.54) is 42.4 Å². The topological polar surface area (TPSA) is 24.9 Å². The van der Waals surface area contributed by atoms with E-state index in [0.29, 0.717) is 0 Å². The Hall–Kier alpha value is -0.0600. The third-order valence-corrected chi connectivity index (χ3v) is 4.92. The summed E-state index contributed by atoms with van der Waals surface area (Å²) < 4.78 is 1.23. The summed E-state index contributed by atoms with van der Waals surface area (Å²) in [6.07, 6.45) is 4.09. The molecule has 1 aromatic heterocycles. The molecular weight excluding hydrogens is 224 g/mol. The molecule has 0 spiro atoms. The molecule has 0 radical (unpaired) electrons. The van der Waals surface area contributed by atoms with Crippen LogP contribution in [0.1, 0.15) is 25.0 Å². The van der Waals surface area contributed by atoms with Crippen LogP contribution in [0.5, 0.6) is 0 Å². The van der Waals surface area contributed by atoms with Crippen molar-refractivity contribution in [3.63, 3.8) is 0 Å². The van der Waals surface area contributed by atoms with Crippen LogP contribution in [0.15, 0.2) is 9.72 Å². The fourth-order valence-electron chi connectivity index (χ4n) is 1.88. The summed E-state index contributed by atoms with van der Waals surface area (Å²) in [5.41, 5.74) is 1.15. The largest absolute Gasteiger partial charge is 0.316 e. The van der Waals surface area contributed by atoms with Crippen LogP contribution in [-0.4, -0.2) is 23.8 Å². The summed E-state index contributed by atoms with van der Waals surface area (Å²) >= 11 is 3.69. The van der Waals surface area contributed by atoms with Gasteiger partial charge in [-0.25, -0.2) is 4.98 Å². The third-order valence-electron chi connectivity index (χ3n) is 2.75. The zero-order valence-corrected chi connectivity index (χ0v) is 10.8. The lowest BCUT2D eigenvalue weighted by atomic mass is 9.97. The van der Waals surface area contributed by atoms with Gasteiger partial charge in [-0.1, -0.05) is 11.8 Å². The number of hydrogen-bond donors (Lipinski definition) is 1. The van der Waals surface area contributed by atoms with Gasteiger partial charge in [0.25, 0.3) is 0 Å². The number of thioether (sulfide) groups is 1. The van der Waals surface area contributed by atoms with Gasteiger partial charge >= 0.3 is 0 Å². The zero-order valence-electron chi connectivity index (χ0n) is 9.16. The standard InChI is InChI=1S/C11H18N2S2/c1-9-8-15-11(13-9)14-6-4-10-3-2-5-12-7-10/h8,10,12H,2-7H2,1H3. The first kappa shape index (κ1) is 11.4. The highest BCUT2D eigenvalue weighted by Crippen LogP contribution is 2.25. The smallest absolute Gasteiger partial charge is 0.150 e. The molecule has 1 aromatic rings. The van der Waals surface area contributed by atoms with E-state index in [9.17, 15) is 0 Å². The van der Waals surface area contributed by atoms with E-state index in [2.05, 4.69) is 22.6 Å². The van der Waals surface area contributed by atoms with Crippen LogP contribution in [-0.2, 0) is 0 Å². The molecule has 1 unspecified atom stereocenters. The molecule has 0 aliphatic carbocycles. The van der Waals surface area contributed by atoms with Crippen molar-refractivity contribution >= 4 is 23.1 Å². The average Bonchev–Trinajstić information content (AvgIpc) is 2.66. The van der Waals surface area contributed by atoms with Gasteiger partial charge < -0.3 is 5.32 Å². The monoisotopic (exact) mass is 242 g/mol. The Morgan fingerprint density at radius 1 is 1.67 bits per heavy atom. The summed E-state index contributed by atoms with van der Waals surface area (Å²) in [6, 6.07) is 0. The van der Waals surface area contributed by atoms with Crippen LogP contribution in [0.2, 0.25) is 0 Å². The predicted octanol–water partition coefficient (Wildman–Crippen LogP) is 2.93. The number of nitrogens with one attached hydrogen (secondary N) is 1. The van der Waals surface area contributed by atoms with E-state index in [4.69, 9.17) is 0 Å². The van der Waals surface area contributed by atoms with Crippen molar-refractivity contribution in [2.45, 2.75) is 30.5 Å². The van der Waals surface area contributed by atoms with E-state index in [-0.39, 0.29) is 0 Å². The number of hydrogen-bond acceptors (Lipinski definition) is 4. The average molecular weight is 242 g/mol. The molecule has 4 heteroatoms. The van der Waals surface area contributed by atoms with Crippen molar-refractivity contribution in [3.05, 3.63) is 11.1 Å². The quantitative estimate of drug-likeness (QED) is 0.822. The van der Waals surface area contributed by atoms with Crippen LogP contribution in [0.25, 0.3) is 0 Å². The summed E-state index contributed by atoms with van der Waals surface area (Å²) in [7, 11) is 0. The van der Waals surface area contributed by atoms with Crippen LogP contribution >= 0.6 is 23.1 Å². The second-order valence-electron chi connectivity index (χ2n) is 4.10. The number of thiazole rings is 1. The normalized spacial score (nSPS) is 21.8. The number of aromatic nitrogens is 1. The summed E-state index contributed by atoms with van der Waals surface area (Å²) in [5, 5.41) is 5.59. The van der Waals surface area contributed by atoms with Crippen LogP contribution < -0.4 is 5.32 Å². The van der Waals surface area contributed by atoms with Gasteiger partial charge in [0.1, 0.15) is 4.34 Å². The number of piperidine rings is 1. The van der Waals surface area contributed by atoms with Crippen molar-refractivity contribution < 1.29 is 0 Å². The lowest BCUT2D eigenvalue weighted by Crippen LogP contribution is -2.29. The molecule has 1 atom stereocenters. The fraction of sp³-hybridized carbons (Fsp3) is 0.727. The molecule has 15 heavy (non-hydrogen) atoms. The summed E-state index contributed by atoms with van der Waals surface area (Å²) in [6.45, 7) is 4.50. The first-order chi connectivity index (χ1) is 7.34. The fourth-order valence-corrected chi connectivity index (χ4v) is 3.90. The van der Waals surface area contributed by atoms with Gasteiger partial charge in [0.2, 0.25) is 0 Å². The van der Waals surface area contributed by atoms with E-state index in [1.54, 1.807) is 11.3 Å². The van der Waals surface area contributed by atoms with Gasteiger partial charge in [0, 0.05) is 16.8 Å². The first-order valence-electron chi connectivity index (χ1n) is 5.60. The van der Waals surface area contributed by atoms with Gasteiger partial charge in [0.05, 0.1) is 0 Å². The lowest BCUT2D eigenvalue weighted by Gasteiger charge is -2.22. The minimum absolute atomic E-state index is 0.896. The Labute approximate surface area is 99.9 Å². The maximum atomic E-state index is 4.46. The maximum Gasteiger partial charge on any atom is 0.150 e. The Kier molecular flexibility index (Phi) is 4.47. The molecule has 1 aliphatic heterocycles. The second kappa shape index (κ2) is 5.87. The number of nitrogens with zero attached hydrogens (tertiary/aromatic N) is 1. The van der Waals surface area contributed by atoms with Crippen molar-refractivity contribution in [2.24, 2.45) is 5.92 Å². The maximum absolute atomic E-state index is 4.46. The summed E-state index contributed by atoms with van der Waals surface area (Å²) in [5.74, 6) is 2.12.